The first kappa shape index (κ1) is 13.1. The van der Waals surface area contributed by atoms with Crippen LogP contribution >= 0.6 is 0 Å². The molecule has 1 unspecified atom stereocenters. The lowest BCUT2D eigenvalue weighted by atomic mass is 9.96. The van der Waals surface area contributed by atoms with Gasteiger partial charge in [-0.05, 0) is 57.7 Å². The number of piperidine rings is 1. The van der Waals surface area contributed by atoms with Crippen molar-refractivity contribution < 1.29 is 13.2 Å². The molecule has 0 spiro atoms. The first-order valence-electron chi connectivity index (χ1n) is 6.51. The summed E-state index contributed by atoms with van der Waals surface area (Å²) in [7, 11) is 0. The lowest BCUT2D eigenvalue weighted by Gasteiger charge is -2.33. The molecule has 2 rings (SSSR count). The van der Waals surface area contributed by atoms with Crippen LogP contribution in [0.15, 0.2) is 0 Å². The highest BCUT2D eigenvalue weighted by molar-refractivity contribution is 4.85. The van der Waals surface area contributed by atoms with Crippen molar-refractivity contribution in [3.63, 3.8) is 0 Å². The average molecular weight is 250 g/mol. The van der Waals surface area contributed by atoms with E-state index in [0.717, 1.165) is 13.0 Å². The van der Waals surface area contributed by atoms with Gasteiger partial charge in [0.25, 0.3) is 0 Å². The normalized spacial score (nSPS) is 26.1. The quantitative estimate of drug-likeness (QED) is 0.830. The van der Waals surface area contributed by atoms with Crippen molar-refractivity contribution in [1.29, 1.82) is 0 Å². The number of nitrogens with two attached hydrogens (primary N) is 1. The van der Waals surface area contributed by atoms with Crippen molar-refractivity contribution in [1.82, 2.24) is 4.90 Å². The Hall–Kier alpha value is -0.290. The number of likely N-dealkylation sites (tertiary alicyclic amines) is 1. The summed E-state index contributed by atoms with van der Waals surface area (Å²) in [5, 5.41) is 0. The van der Waals surface area contributed by atoms with Gasteiger partial charge in [-0.3, -0.25) is 0 Å². The van der Waals surface area contributed by atoms with E-state index < -0.39 is 12.1 Å². The fraction of sp³-hybridized carbons (Fsp3) is 1.00. The monoisotopic (exact) mass is 250 g/mol. The molecular formula is C12H21F3N2. The van der Waals surface area contributed by atoms with E-state index in [1.807, 2.05) is 0 Å². The van der Waals surface area contributed by atoms with Crippen LogP contribution in [0.5, 0.6) is 0 Å². The van der Waals surface area contributed by atoms with E-state index in [1.165, 1.54) is 12.8 Å². The molecule has 17 heavy (non-hydrogen) atoms. The molecule has 2 fully saturated rings. The number of hydrogen-bond acceptors (Lipinski definition) is 2. The first-order valence-corrected chi connectivity index (χ1v) is 6.51. The lowest BCUT2D eigenvalue weighted by molar-refractivity contribution is -0.185. The van der Waals surface area contributed by atoms with E-state index in [4.69, 9.17) is 5.73 Å². The van der Waals surface area contributed by atoms with Crippen LogP contribution in [0.3, 0.4) is 0 Å². The third-order valence-electron chi connectivity index (χ3n) is 4.06. The molecule has 1 saturated heterocycles. The number of alkyl halides is 3. The molecular weight excluding hydrogens is 229 g/mol. The van der Waals surface area contributed by atoms with Gasteiger partial charge in [-0.25, -0.2) is 0 Å². The highest BCUT2D eigenvalue weighted by Gasteiger charge is 2.41. The predicted octanol–water partition coefficient (Wildman–Crippen LogP) is 2.39. The van der Waals surface area contributed by atoms with Gasteiger partial charge in [0, 0.05) is 6.04 Å². The maximum Gasteiger partial charge on any atom is 0.391 e. The summed E-state index contributed by atoms with van der Waals surface area (Å²) in [6.45, 7) is 2.01. The molecule has 1 aliphatic heterocycles. The minimum Gasteiger partial charge on any atom is -0.327 e. The summed E-state index contributed by atoms with van der Waals surface area (Å²) in [5.74, 6) is -0.404. The van der Waals surface area contributed by atoms with E-state index in [9.17, 15) is 13.2 Å². The molecule has 100 valence electrons. The molecule has 1 saturated carbocycles. The van der Waals surface area contributed by atoms with Crippen molar-refractivity contribution >= 4 is 0 Å². The Labute approximate surface area is 100 Å². The largest absolute Gasteiger partial charge is 0.391 e. The number of rotatable bonds is 4. The van der Waals surface area contributed by atoms with Crippen LogP contribution in [0.25, 0.3) is 0 Å². The van der Waals surface area contributed by atoms with Crippen LogP contribution in [0, 0.1) is 11.8 Å². The SMILES string of the molecule is NC(CCN1CCC(C(F)(F)F)CC1)C1CC1. The zero-order chi connectivity index (χ0) is 12.5. The van der Waals surface area contributed by atoms with Crippen molar-refractivity contribution in [2.75, 3.05) is 19.6 Å². The molecule has 0 radical (unpaired) electrons. The van der Waals surface area contributed by atoms with Gasteiger partial charge in [0.15, 0.2) is 0 Å². The zero-order valence-corrected chi connectivity index (χ0v) is 10.0. The molecule has 1 atom stereocenters. The van der Waals surface area contributed by atoms with Gasteiger partial charge in [0.1, 0.15) is 0 Å². The Bertz CT molecular complexity index is 243. The average Bonchev–Trinajstić information content (AvgIpc) is 3.09. The Balaban J connectivity index is 1.65. The predicted molar refractivity (Wildman–Crippen MR) is 60.5 cm³/mol. The van der Waals surface area contributed by atoms with Gasteiger partial charge >= 0.3 is 6.18 Å². The maximum atomic E-state index is 12.5. The Morgan fingerprint density at radius 3 is 2.18 bits per heavy atom. The van der Waals surface area contributed by atoms with Crippen LogP contribution in [0.2, 0.25) is 0 Å². The molecule has 2 aliphatic rings. The molecule has 0 aromatic rings. The third kappa shape index (κ3) is 3.85. The molecule has 2 N–H and O–H groups in total. The lowest BCUT2D eigenvalue weighted by Crippen LogP contribution is -2.40. The smallest absolute Gasteiger partial charge is 0.327 e. The summed E-state index contributed by atoms with van der Waals surface area (Å²) in [6, 6.07) is 0.260. The van der Waals surface area contributed by atoms with Crippen molar-refractivity contribution in [3.05, 3.63) is 0 Å². The van der Waals surface area contributed by atoms with Crippen molar-refractivity contribution in [2.45, 2.75) is 44.3 Å². The van der Waals surface area contributed by atoms with Gasteiger partial charge in [-0.2, -0.15) is 13.2 Å². The van der Waals surface area contributed by atoms with Gasteiger partial charge in [-0.1, -0.05) is 0 Å². The third-order valence-corrected chi connectivity index (χ3v) is 4.06. The summed E-state index contributed by atoms with van der Waals surface area (Å²) in [4.78, 5) is 2.13. The van der Waals surface area contributed by atoms with Crippen LogP contribution in [0.4, 0.5) is 13.2 Å². The second-order valence-corrected chi connectivity index (χ2v) is 5.45. The van der Waals surface area contributed by atoms with Gasteiger partial charge in [0.05, 0.1) is 5.92 Å². The van der Waals surface area contributed by atoms with Crippen LogP contribution in [-0.2, 0) is 0 Å². The highest BCUT2D eigenvalue weighted by atomic mass is 19.4. The molecule has 0 bridgehead atoms. The molecule has 1 heterocycles. The van der Waals surface area contributed by atoms with E-state index >= 15 is 0 Å². The zero-order valence-electron chi connectivity index (χ0n) is 10.0. The molecule has 0 amide bonds. The standard InChI is InChI=1S/C12H21F3N2/c13-12(14,15)10-3-6-17(7-4-10)8-5-11(16)9-1-2-9/h9-11H,1-8,16H2. The summed E-state index contributed by atoms with van der Waals surface area (Å²) in [6.07, 6.45) is -0.100. The van der Waals surface area contributed by atoms with Gasteiger partial charge < -0.3 is 10.6 Å². The van der Waals surface area contributed by atoms with Gasteiger partial charge in [0.2, 0.25) is 0 Å². The second kappa shape index (κ2) is 5.14. The molecule has 2 nitrogen and oxygen atoms in total. The van der Waals surface area contributed by atoms with E-state index in [1.54, 1.807) is 0 Å². The fourth-order valence-electron chi connectivity index (χ4n) is 2.58. The number of halogens is 3. The second-order valence-electron chi connectivity index (χ2n) is 5.45. The van der Waals surface area contributed by atoms with Crippen LogP contribution < -0.4 is 5.73 Å². The molecule has 0 aromatic carbocycles. The molecule has 0 aromatic heterocycles. The summed E-state index contributed by atoms with van der Waals surface area (Å²) < 4.78 is 37.4. The van der Waals surface area contributed by atoms with Gasteiger partial charge in [-0.15, -0.1) is 0 Å². The minimum absolute atomic E-state index is 0.252. The minimum atomic E-state index is -4.00. The number of hydrogen-bond donors (Lipinski definition) is 1. The fourth-order valence-corrected chi connectivity index (χ4v) is 2.58. The Kier molecular flexibility index (Phi) is 3.98. The van der Waals surface area contributed by atoms with E-state index in [-0.39, 0.29) is 18.9 Å². The Morgan fingerprint density at radius 1 is 1.12 bits per heavy atom. The molecule has 1 aliphatic carbocycles. The Morgan fingerprint density at radius 2 is 1.71 bits per heavy atom. The first-order chi connectivity index (χ1) is 7.97. The maximum absolute atomic E-state index is 12.5. The van der Waals surface area contributed by atoms with Crippen LogP contribution in [-0.4, -0.2) is 36.8 Å². The van der Waals surface area contributed by atoms with Crippen molar-refractivity contribution in [3.8, 4) is 0 Å². The summed E-state index contributed by atoms with van der Waals surface area (Å²) >= 11 is 0. The van der Waals surface area contributed by atoms with E-state index in [0.29, 0.717) is 19.0 Å². The van der Waals surface area contributed by atoms with Crippen LogP contribution in [0.1, 0.15) is 32.1 Å². The summed E-state index contributed by atoms with van der Waals surface area (Å²) in [5.41, 5.74) is 5.99. The van der Waals surface area contributed by atoms with Crippen molar-refractivity contribution in [2.24, 2.45) is 17.6 Å². The number of nitrogens with zero attached hydrogens (tertiary/aromatic N) is 1. The molecule has 5 heteroatoms. The highest BCUT2D eigenvalue weighted by Crippen LogP contribution is 2.35. The topological polar surface area (TPSA) is 29.3 Å². The van der Waals surface area contributed by atoms with E-state index in [2.05, 4.69) is 4.90 Å².